The fraction of sp³-hybridized carbons (Fsp3) is 0.533. The molecule has 1 amide bonds. The minimum atomic E-state index is -0.329. The molecule has 2 heterocycles. The Balaban J connectivity index is 0.00000192. The van der Waals surface area contributed by atoms with E-state index in [2.05, 4.69) is 15.5 Å². The van der Waals surface area contributed by atoms with Crippen molar-refractivity contribution >= 4 is 18.3 Å². The summed E-state index contributed by atoms with van der Waals surface area (Å²) in [5.41, 5.74) is 6.72. The molecule has 8 heteroatoms. The molecule has 0 bridgehead atoms. The van der Waals surface area contributed by atoms with Crippen LogP contribution in [-0.2, 0) is 0 Å². The van der Waals surface area contributed by atoms with Gasteiger partial charge in [0.25, 0.3) is 5.91 Å². The number of oxazole rings is 1. The summed E-state index contributed by atoms with van der Waals surface area (Å²) in [6.07, 6.45) is 9.16. The Hall–Kier alpha value is -1.86. The molecule has 23 heavy (non-hydrogen) atoms. The van der Waals surface area contributed by atoms with Crippen molar-refractivity contribution in [2.24, 2.45) is 5.73 Å². The first-order chi connectivity index (χ1) is 10.7. The van der Waals surface area contributed by atoms with Gasteiger partial charge in [-0.15, -0.1) is 12.4 Å². The first-order valence-corrected chi connectivity index (χ1v) is 7.59. The normalized spacial score (nSPS) is 17.1. The van der Waals surface area contributed by atoms with Crippen molar-refractivity contribution in [3.05, 3.63) is 24.4 Å². The smallest absolute Gasteiger partial charge is 0.274 e. The average Bonchev–Trinajstić information content (AvgIpc) is 3.15. The number of amides is 1. The summed E-state index contributed by atoms with van der Waals surface area (Å²) in [5.74, 6) is -0.000917. The summed E-state index contributed by atoms with van der Waals surface area (Å²) in [7, 11) is 0. The second-order valence-corrected chi connectivity index (χ2v) is 5.87. The minimum absolute atomic E-state index is 0. The number of carbonyl (C=O) groups is 1. The SMILES string of the molecule is Cl.NC1(CNC(=O)c2ncoc2-c2ccon2)CCCCCC1. The average molecular weight is 341 g/mol. The molecule has 0 unspecified atom stereocenters. The van der Waals surface area contributed by atoms with E-state index in [0.29, 0.717) is 18.0 Å². The Kier molecular flexibility index (Phi) is 5.79. The van der Waals surface area contributed by atoms with E-state index in [1.54, 1.807) is 6.07 Å². The lowest BCUT2D eigenvalue weighted by Crippen LogP contribution is -2.49. The summed E-state index contributed by atoms with van der Waals surface area (Å²) in [6.45, 7) is 0.441. The van der Waals surface area contributed by atoms with Crippen LogP contribution in [0.1, 0.15) is 49.0 Å². The fourth-order valence-electron chi connectivity index (χ4n) is 2.87. The van der Waals surface area contributed by atoms with E-state index < -0.39 is 0 Å². The predicted octanol–water partition coefficient (Wildman–Crippen LogP) is 2.53. The number of hydrogen-bond donors (Lipinski definition) is 2. The van der Waals surface area contributed by atoms with Crippen LogP contribution in [0.4, 0.5) is 0 Å². The van der Waals surface area contributed by atoms with Gasteiger partial charge in [-0.1, -0.05) is 30.8 Å². The van der Waals surface area contributed by atoms with Gasteiger partial charge in [0, 0.05) is 18.2 Å². The minimum Gasteiger partial charge on any atom is -0.441 e. The highest BCUT2D eigenvalue weighted by Crippen LogP contribution is 2.25. The molecule has 0 aliphatic heterocycles. The summed E-state index contributed by atoms with van der Waals surface area (Å²) in [6, 6.07) is 1.62. The molecule has 0 spiro atoms. The predicted molar refractivity (Wildman–Crippen MR) is 86.2 cm³/mol. The van der Waals surface area contributed by atoms with Crippen LogP contribution in [0.15, 0.2) is 27.7 Å². The second kappa shape index (κ2) is 7.61. The van der Waals surface area contributed by atoms with Crippen molar-refractivity contribution in [2.45, 2.75) is 44.1 Å². The molecule has 2 aromatic rings. The number of hydrogen-bond acceptors (Lipinski definition) is 6. The second-order valence-electron chi connectivity index (χ2n) is 5.87. The molecular weight excluding hydrogens is 320 g/mol. The number of nitrogens with two attached hydrogens (primary N) is 1. The first kappa shape index (κ1) is 17.5. The maximum absolute atomic E-state index is 12.3. The molecule has 2 aromatic heterocycles. The van der Waals surface area contributed by atoms with Crippen LogP contribution in [0.5, 0.6) is 0 Å². The van der Waals surface area contributed by atoms with Gasteiger partial charge in [-0.3, -0.25) is 4.79 Å². The third-order valence-electron chi connectivity index (χ3n) is 4.15. The Bertz CT molecular complexity index is 618. The quantitative estimate of drug-likeness (QED) is 0.828. The van der Waals surface area contributed by atoms with E-state index in [-0.39, 0.29) is 29.5 Å². The fourth-order valence-corrected chi connectivity index (χ4v) is 2.87. The van der Waals surface area contributed by atoms with Crippen molar-refractivity contribution in [2.75, 3.05) is 6.54 Å². The van der Waals surface area contributed by atoms with Crippen molar-refractivity contribution in [1.29, 1.82) is 0 Å². The van der Waals surface area contributed by atoms with Crippen LogP contribution in [0.3, 0.4) is 0 Å². The van der Waals surface area contributed by atoms with Gasteiger partial charge in [0.1, 0.15) is 6.26 Å². The summed E-state index contributed by atoms with van der Waals surface area (Å²) in [4.78, 5) is 16.3. The Morgan fingerprint density at radius 3 is 2.70 bits per heavy atom. The van der Waals surface area contributed by atoms with E-state index in [1.807, 2.05) is 0 Å². The van der Waals surface area contributed by atoms with Crippen molar-refractivity contribution in [3.63, 3.8) is 0 Å². The highest BCUT2D eigenvalue weighted by atomic mass is 35.5. The molecule has 1 aliphatic carbocycles. The van der Waals surface area contributed by atoms with Crippen LogP contribution in [-0.4, -0.2) is 28.1 Å². The van der Waals surface area contributed by atoms with Gasteiger partial charge < -0.3 is 20.0 Å². The number of rotatable bonds is 4. The van der Waals surface area contributed by atoms with Crippen molar-refractivity contribution < 1.29 is 13.7 Å². The highest BCUT2D eigenvalue weighted by Gasteiger charge is 2.28. The maximum Gasteiger partial charge on any atom is 0.274 e. The molecular formula is C15H21ClN4O3. The summed E-state index contributed by atoms with van der Waals surface area (Å²) in [5, 5.41) is 6.64. The molecule has 0 radical (unpaired) electrons. The highest BCUT2D eigenvalue weighted by molar-refractivity contribution is 5.97. The van der Waals surface area contributed by atoms with Crippen LogP contribution in [0.2, 0.25) is 0 Å². The van der Waals surface area contributed by atoms with Gasteiger partial charge in [0.05, 0.1) is 0 Å². The molecule has 0 atom stereocenters. The Morgan fingerprint density at radius 1 is 1.30 bits per heavy atom. The van der Waals surface area contributed by atoms with E-state index in [1.165, 1.54) is 25.5 Å². The van der Waals surface area contributed by atoms with Crippen LogP contribution >= 0.6 is 12.4 Å². The zero-order chi connectivity index (χ0) is 15.4. The molecule has 1 saturated carbocycles. The van der Waals surface area contributed by atoms with Crippen LogP contribution in [0, 0.1) is 0 Å². The van der Waals surface area contributed by atoms with Gasteiger partial charge in [-0.05, 0) is 12.8 Å². The standard InChI is InChI=1S/C15H20N4O3.ClH/c16-15(6-3-1-2-4-7-15)9-17-14(20)12-13(21-10-18-12)11-5-8-22-19-11;/h5,8,10H,1-4,6-7,9,16H2,(H,17,20);1H. The summed E-state index contributed by atoms with van der Waals surface area (Å²) < 4.78 is 10.0. The Morgan fingerprint density at radius 2 is 2.04 bits per heavy atom. The lowest BCUT2D eigenvalue weighted by atomic mass is 9.91. The van der Waals surface area contributed by atoms with E-state index >= 15 is 0 Å². The van der Waals surface area contributed by atoms with Gasteiger partial charge in [0.15, 0.2) is 23.5 Å². The molecule has 0 saturated heterocycles. The molecule has 1 fully saturated rings. The van der Waals surface area contributed by atoms with Gasteiger partial charge in [0.2, 0.25) is 0 Å². The summed E-state index contributed by atoms with van der Waals surface area (Å²) >= 11 is 0. The zero-order valence-corrected chi connectivity index (χ0v) is 13.6. The third kappa shape index (κ3) is 4.11. The number of nitrogens with one attached hydrogen (secondary N) is 1. The van der Waals surface area contributed by atoms with Crippen molar-refractivity contribution in [3.8, 4) is 11.5 Å². The molecule has 126 valence electrons. The van der Waals surface area contributed by atoms with Gasteiger partial charge in [-0.25, -0.2) is 4.98 Å². The third-order valence-corrected chi connectivity index (χ3v) is 4.15. The van der Waals surface area contributed by atoms with Gasteiger partial charge in [-0.2, -0.15) is 0 Å². The van der Waals surface area contributed by atoms with Crippen LogP contribution in [0.25, 0.3) is 11.5 Å². The zero-order valence-electron chi connectivity index (χ0n) is 12.8. The lowest BCUT2D eigenvalue weighted by Gasteiger charge is -2.28. The molecule has 1 aliphatic rings. The van der Waals surface area contributed by atoms with E-state index in [9.17, 15) is 4.79 Å². The number of aromatic nitrogens is 2. The maximum atomic E-state index is 12.3. The molecule has 3 rings (SSSR count). The van der Waals surface area contributed by atoms with E-state index in [0.717, 1.165) is 25.7 Å². The van der Waals surface area contributed by atoms with E-state index in [4.69, 9.17) is 14.7 Å². The van der Waals surface area contributed by atoms with Gasteiger partial charge >= 0.3 is 0 Å². The first-order valence-electron chi connectivity index (χ1n) is 7.59. The monoisotopic (exact) mass is 340 g/mol. The topological polar surface area (TPSA) is 107 Å². The number of nitrogens with zero attached hydrogens (tertiary/aromatic N) is 2. The number of halogens is 1. The van der Waals surface area contributed by atoms with Crippen LogP contribution < -0.4 is 11.1 Å². The Labute approximate surface area is 140 Å². The lowest BCUT2D eigenvalue weighted by molar-refractivity contribution is 0.0937. The van der Waals surface area contributed by atoms with Crippen molar-refractivity contribution in [1.82, 2.24) is 15.5 Å². The largest absolute Gasteiger partial charge is 0.441 e. The molecule has 7 nitrogen and oxygen atoms in total. The number of carbonyl (C=O) groups excluding carboxylic acids is 1. The molecule has 0 aromatic carbocycles. The molecule has 3 N–H and O–H groups in total.